The predicted molar refractivity (Wildman–Crippen MR) is 56.1 cm³/mol. The first-order valence-electron chi connectivity index (χ1n) is 5.18. The van der Waals surface area contributed by atoms with Crippen molar-refractivity contribution in [3.8, 4) is 0 Å². The molecule has 0 fully saturated rings. The van der Waals surface area contributed by atoms with Crippen molar-refractivity contribution in [1.82, 2.24) is 5.32 Å². The Morgan fingerprint density at radius 2 is 2.20 bits per heavy atom. The lowest BCUT2D eigenvalue weighted by Gasteiger charge is -2.13. The minimum Gasteiger partial charge on any atom is -0.345 e. The first-order chi connectivity index (χ1) is 7.08. The molecule has 0 radical (unpaired) electrons. The number of benzene rings is 1. The number of hydrogen-bond donors (Lipinski definition) is 1. The Balaban J connectivity index is 2.35. The van der Waals surface area contributed by atoms with E-state index in [9.17, 15) is 9.18 Å². The fourth-order valence-corrected chi connectivity index (χ4v) is 2.00. The Bertz CT molecular complexity index is 401. The summed E-state index contributed by atoms with van der Waals surface area (Å²) in [4.78, 5) is 11.5. The van der Waals surface area contributed by atoms with Gasteiger partial charge in [-0.2, -0.15) is 0 Å². The summed E-state index contributed by atoms with van der Waals surface area (Å²) < 4.78 is 13.1. The van der Waals surface area contributed by atoms with Crippen LogP contribution in [0.5, 0.6) is 0 Å². The van der Waals surface area contributed by atoms with Crippen LogP contribution in [0.3, 0.4) is 0 Å². The molecule has 1 N–H and O–H groups in total. The molecule has 2 nitrogen and oxygen atoms in total. The molecule has 1 amide bonds. The summed E-state index contributed by atoms with van der Waals surface area (Å²) in [5.74, 6) is 0.110. The van der Waals surface area contributed by atoms with E-state index in [1.807, 2.05) is 0 Å². The zero-order chi connectivity index (χ0) is 11.0. The van der Waals surface area contributed by atoms with Crippen molar-refractivity contribution in [1.29, 1.82) is 0 Å². The van der Waals surface area contributed by atoms with Crippen LogP contribution in [0.15, 0.2) is 18.2 Å². The maximum atomic E-state index is 13.1. The highest BCUT2D eigenvalue weighted by atomic mass is 19.1. The van der Waals surface area contributed by atoms with E-state index in [0.29, 0.717) is 11.5 Å². The standard InChI is InChI=1S/C12H14FNO/c1-7(2)5-11-10-6-8(13)3-4-9(10)12(15)14-11/h3-4,6-7,11H,5H2,1-2H3,(H,14,15). The molecule has 2 rings (SSSR count). The number of amides is 1. The summed E-state index contributed by atoms with van der Waals surface area (Å²) in [6.45, 7) is 4.17. The van der Waals surface area contributed by atoms with Gasteiger partial charge in [0, 0.05) is 5.56 Å². The molecule has 1 aromatic carbocycles. The van der Waals surface area contributed by atoms with Crippen molar-refractivity contribution in [3.05, 3.63) is 35.1 Å². The van der Waals surface area contributed by atoms with Crippen LogP contribution in [0.1, 0.15) is 42.2 Å². The number of rotatable bonds is 2. The van der Waals surface area contributed by atoms with Crippen LogP contribution < -0.4 is 5.32 Å². The van der Waals surface area contributed by atoms with E-state index in [1.54, 1.807) is 6.07 Å². The molecule has 1 atom stereocenters. The van der Waals surface area contributed by atoms with Gasteiger partial charge < -0.3 is 5.32 Å². The lowest BCUT2D eigenvalue weighted by atomic mass is 9.97. The van der Waals surface area contributed by atoms with Gasteiger partial charge in [0.05, 0.1) is 6.04 Å². The molecule has 1 aromatic rings. The van der Waals surface area contributed by atoms with Crippen molar-refractivity contribution < 1.29 is 9.18 Å². The monoisotopic (exact) mass is 207 g/mol. The lowest BCUT2D eigenvalue weighted by molar-refractivity contribution is 0.0953. The molecule has 0 aliphatic carbocycles. The third-order valence-corrected chi connectivity index (χ3v) is 2.65. The second-order valence-corrected chi connectivity index (χ2v) is 4.39. The highest BCUT2D eigenvalue weighted by molar-refractivity contribution is 5.99. The van der Waals surface area contributed by atoms with Crippen molar-refractivity contribution in [3.63, 3.8) is 0 Å². The largest absolute Gasteiger partial charge is 0.345 e. The molecule has 0 aromatic heterocycles. The predicted octanol–water partition coefficient (Wildman–Crippen LogP) is 2.66. The SMILES string of the molecule is CC(C)CC1NC(=O)c2ccc(F)cc21. The summed E-state index contributed by atoms with van der Waals surface area (Å²) >= 11 is 0. The van der Waals surface area contributed by atoms with E-state index in [-0.39, 0.29) is 17.8 Å². The van der Waals surface area contributed by atoms with E-state index >= 15 is 0 Å². The molecule has 15 heavy (non-hydrogen) atoms. The van der Waals surface area contributed by atoms with Gasteiger partial charge in [-0.05, 0) is 36.1 Å². The van der Waals surface area contributed by atoms with E-state index < -0.39 is 0 Å². The fraction of sp³-hybridized carbons (Fsp3) is 0.417. The fourth-order valence-electron chi connectivity index (χ4n) is 2.00. The molecule has 3 heteroatoms. The normalized spacial score (nSPS) is 19.2. The smallest absolute Gasteiger partial charge is 0.252 e. The van der Waals surface area contributed by atoms with Gasteiger partial charge in [-0.25, -0.2) is 4.39 Å². The minimum atomic E-state index is -0.279. The topological polar surface area (TPSA) is 29.1 Å². The van der Waals surface area contributed by atoms with Crippen molar-refractivity contribution >= 4 is 5.91 Å². The molecule has 1 unspecified atom stereocenters. The molecule has 0 spiro atoms. The molecule has 0 saturated heterocycles. The Hall–Kier alpha value is -1.38. The number of carbonyl (C=O) groups excluding carboxylic acids is 1. The van der Waals surface area contributed by atoms with Crippen LogP contribution in [0.25, 0.3) is 0 Å². The van der Waals surface area contributed by atoms with Gasteiger partial charge in [-0.3, -0.25) is 4.79 Å². The average Bonchev–Trinajstić information content (AvgIpc) is 2.42. The van der Waals surface area contributed by atoms with Crippen LogP contribution in [0, 0.1) is 11.7 Å². The number of carbonyl (C=O) groups is 1. The van der Waals surface area contributed by atoms with Crippen LogP contribution in [-0.4, -0.2) is 5.91 Å². The Kier molecular flexibility index (Phi) is 2.47. The average molecular weight is 207 g/mol. The highest BCUT2D eigenvalue weighted by Gasteiger charge is 2.28. The summed E-state index contributed by atoms with van der Waals surface area (Å²) in [5, 5.41) is 2.87. The molecule has 1 aliphatic rings. The zero-order valence-corrected chi connectivity index (χ0v) is 8.88. The molecular weight excluding hydrogens is 193 g/mol. The van der Waals surface area contributed by atoms with Crippen LogP contribution in [0.2, 0.25) is 0 Å². The number of hydrogen-bond acceptors (Lipinski definition) is 1. The van der Waals surface area contributed by atoms with Crippen LogP contribution >= 0.6 is 0 Å². The second-order valence-electron chi connectivity index (χ2n) is 4.39. The molecule has 80 valence electrons. The van der Waals surface area contributed by atoms with E-state index in [2.05, 4.69) is 19.2 Å². The summed E-state index contributed by atoms with van der Waals surface area (Å²) in [6.07, 6.45) is 0.849. The van der Waals surface area contributed by atoms with Gasteiger partial charge in [0.1, 0.15) is 5.82 Å². The van der Waals surface area contributed by atoms with Crippen molar-refractivity contribution in [2.24, 2.45) is 5.92 Å². The van der Waals surface area contributed by atoms with Gasteiger partial charge in [0.2, 0.25) is 0 Å². The van der Waals surface area contributed by atoms with Gasteiger partial charge in [0.15, 0.2) is 0 Å². The number of nitrogens with one attached hydrogen (secondary N) is 1. The van der Waals surface area contributed by atoms with Crippen molar-refractivity contribution in [2.75, 3.05) is 0 Å². The molecule has 0 saturated carbocycles. The second kappa shape index (κ2) is 3.65. The quantitative estimate of drug-likeness (QED) is 0.793. The zero-order valence-electron chi connectivity index (χ0n) is 8.88. The lowest BCUT2D eigenvalue weighted by Crippen LogP contribution is -2.20. The van der Waals surface area contributed by atoms with Gasteiger partial charge >= 0.3 is 0 Å². The van der Waals surface area contributed by atoms with Gasteiger partial charge in [0.25, 0.3) is 5.91 Å². The molecule has 1 heterocycles. The van der Waals surface area contributed by atoms with E-state index in [1.165, 1.54) is 12.1 Å². The molecular formula is C12H14FNO. The summed E-state index contributed by atoms with van der Waals surface area (Å²) in [5.41, 5.74) is 1.41. The number of halogens is 1. The highest BCUT2D eigenvalue weighted by Crippen LogP contribution is 2.30. The van der Waals surface area contributed by atoms with E-state index in [0.717, 1.165) is 12.0 Å². The number of fused-ring (bicyclic) bond motifs is 1. The van der Waals surface area contributed by atoms with Crippen LogP contribution in [0.4, 0.5) is 4.39 Å². The first kappa shape index (κ1) is 10.1. The summed E-state index contributed by atoms with van der Waals surface area (Å²) in [7, 11) is 0. The minimum absolute atomic E-state index is 0.0248. The third-order valence-electron chi connectivity index (χ3n) is 2.65. The van der Waals surface area contributed by atoms with Crippen LogP contribution in [-0.2, 0) is 0 Å². The Morgan fingerprint density at radius 1 is 1.47 bits per heavy atom. The van der Waals surface area contributed by atoms with Gasteiger partial charge in [-0.1, -0.05) is 13.8 Å². The Morgan fingerprint density at radius 3 is 2.87 bits per heavy atom. The third kappa shape index (κ3) is 1.87. The Labute approximate surface area is 88.5 Å². The first-order valence-corrected chi connectivity index (χ1v) is 5.18. The molecule has 1 aliphatic heterocycles. The molecule has 0 bridgehead atoms. The van der Waals surface area contributed by atoms with Gasteiger partial charge in [-0.15, -0.1) is 0 Å². The van der Waals surface area contributed by atoms with Crippen molar-refractivity contribution in [2.45, 2.75) is 26.3 Å². The maximum Gasteiger partial charge on any atom is 0.252 e. The summed E-state index contributed by atoms with van der Waals surface area (Å²) in [6, 6.07) is 4.32. The maximum absolute atomic E-state index is 13.1. The van der Waals surface area contributed by atoms with E-state index in [4.69, 9.17) is 0 Å².